The van der Waals surface area contributed by atoms with E-state index in [4.69, 9.17) is 9.97 Å². The van der Waals surface area contributed by atoms with Gasteiger partial charge in [-0.2, -0.15) is 0 Å². The molecule has 2 fully saturated rings. The van der Waals surface area contributed by atoms with E-state index in [1.807, 2.05) is 45.5 Å². The number of aromatic nitrogens is 3. The summed E-state index contributed by atoms with van der Waals surface area (Å²) >= 11 is 1.48. The van der Waals surface area contributed by atoms with Gasteiger partial charge in [0.2, 0.25) is 5.95 Å². The number of anilines is 1. The van der Waals surface area contributed by atoms with Crippen molar-refractivity contribution in [2.24, 2.45) is 0 Å². The lowest BCUT2D eigenvalue weighted by molar-refractivity contribution is -0.122. The molecule has 4 aromatic rings. The van der Waals surface area contributed by atoms with Gasteiger partial charge in [0.05, 0.1) is 39.1 Å². The molecule has 0 radical (unpaired) electrons. The second-order valence-corrected chi connectivity index (χ2v) is 10.3. The van der Waals surface area contributed by atoms with Gasteiger partial charge in [-0.25, -0.2) is 18.7 Å². The summed E-state index contributed by atoms with van der Waals surface area (Å²) in [5, 5.41) is 5.00. The number of piperazine rings is 1. The van der Waals surface area contributed by atoms with E-state index in [2.05, 4.69) is 10.3 Å². The molecule has 2 saturated heterocycles. The molecule has 182 valence electrons. The molecule has 1 aromatic carbocycles. The van der Waals surface area contributed by atoms with Gasteiger partial charge in [0.25, 0.3) is 17.7 Å². The second kappa shape index (κ2) is 7.65. The highest BCUT2D eigenvalue weighted by Crippen LogP contribution is 2.39. The Morgan fingerprint density at radius 1 is 1.06 bits per heavy atom. The van der Waals surface area contributed by atoms with Gasteiger partial charge in [0.1, 0.15) is 0 Å². The summed E-state index contributed by atoms with van der Waals surface area (Å²) in [6.45, 7) is 1.13. The van der Waals surface area contributed by atoms with Crippen LogP contribution < -0.4 is 10.2 Å². The van der Waals surface area contributed by atoms with Gasteiger partial charge in [-0.1, -0.05) is 18.2 Å². The van der Waals surface area contributed by atoms with Gasteiger partial charge in [0, 0.05) is 49.2 Å². The van der Waals surface area contributed by atoms with Crippen LogP contribution in [-0.4, -0.2) is 69.8 Å². The van der Waals surface area contributed by atoms with Gasteiger partial charge in [-0.15, -0.1) is 11.3 Å². The molecule has 0 bridgehead atoms. The zero-order valence-corrected chi connectivity index (χ0v) is 19.7. The molecule has 8 nitrogen and oxygen atoms in total. The minimum Gasteiger partial charge on any atom is -0.360 e. The van der Waals surface area contributed by atoms with Crippen LogP contribution in [0.15, 0.2) is 41.9 Å². The number of hydrogen-bond acceptors (Lipinski definition) is 7. The first-order valence-electron chi connectivity index (χ1n) is 11.7. The lowest BCUT2D eigenvalue weighted by Crippen LogP contribution is -2.50. The summed E-state index contributed by atoms with van der Waals surface area (Å²) in [4.78, 5) is 42.6. The van der Waals surface area contributed by atoms with Gasteiger partial charge in [-0.3, -0.25) is 19.8 Å². The van der Waals surface area contributed by atoms with E-state index in [0.29, 0.717) is 47.7 Å². The molecule has 0 saturated carbocycles. The van der Waals surface area contributed by atoms with Crippen molar-refractivity contribution in [3.63, 3.8) is 0 Å². The molecule has 7 rings (SSSR count). The predicted molar refractivity (Wildman–Crippen MR) is 133 cm³/mol. The molecule has 6 heterocycles. The molecule has 2 N–H and O–H groups in total. The molecule has 1 unspecified atom stereocenters. The zero-order valence-electron chi connectivity index (χ0n) is 18.9. The van der Waals surface area contributed by atoms with Crippen LogP contribution >= 0.6 is 11.3 Å². The smallest absolute Gasteiger partial charge is 0.262 e. The van der Waals surface area contributed by atoms with Crippen LogP contribution in [0.1, 0.15) is 17.7 Å². The number of H-pyrrole nitrogens is 1. The topological polar surface area (TPSA) is 94.2 Å². The zero-order chi connectivity index (χ0) is 24.6. The first kappa shape index (κ1) is 21.6. The number of nitrogens with one attached hydrogen (secondary N) is 2. The minimum absolute atomic E-state index is 0.194. The Labute approximate surface area is 207 Å². The Bertz CT molecular complexity index is 1610. The number of halogens is 2. The van der Waals surface area contributed by atoms with Gasteiger partial charge < -0.3 is 9.88 Å². The van der Waals surface area contributed by atoms with E-state index < -0.39 is 17.7 Å². The Hall–Kier alpha value is -3.70. The maximum Gasteiger partial charge on any atom is 0.262 e. The maximum atomic E-state index is 14.0. The third kappa shape index (κ3) is 3.26. The molecule has 0 aliphatic carbocycles. The largest absolute Gasteiger partial charge is 0.360 e. The Balaban J connectivity index is 1.39. The number of fused-ring (bicyclic) bond motifs is 3. The fourth-order valence-corrected chi connectivity index (χ4v) is 6.43. The highest BCUT2D eigenvalue weighted by molar-refractivity contribution is 7.17. The number of nitrogens with zero attached hydrogens (tertiary/aromatic N) is 4. The predicted octanol–water partition coefficient (Wildman–Crippen LogP) is 3.27. The number of thiophene rings is 1. The standard InChI is InChI=1S/C25H20F2N6O2S/c26-25(27)9-13-11-32(6-7-33(13)12-25)24-29-16-4-2-1-3-14(16)20(30-24)19-18(22(34)31-23(19)35)15-10-28-17-5-8-36-21(15)17/h1-5,8,10,13,28H,6-7,9,11-12H2,(H,31,34,35). The summed E-state index contributed by atoms with van der Waals surface area (Å²) in [5.41, 5.74) is 2.96. The van der Waals surface area contributed by atoms with E-state index in [0.717, 1.165) is 10.2 Å². The van der Waals surface area contributed by atoms with Gasteiger partial charge >= 0.3 is 0 Å². The molecule has 1 atom stereocenters. The Kier molecular flexibility index (Phi) is 4.58. The number of carbonyl (C=O) groups excluding carboxylic acids is 2. The number of alkyl halides is 2. The summed E-state index contributed by atoms with van der Waals surface area (Å²) < 4.78 is 28.9. The Morgan fingerprint density at radius 2 is 1.89 bits per heavy atom. The number of carbonyl (C=O) groups is 2. The van der Waals surface area contributed by atoms with Crippen molar-refractivity contribution >= 4 is 61.4 Å². The molecule has 11 heteroatoms. The number of imide groups is 1. The monoisotopic (exact) mass is 506 g/mol. The van der Waals surface area contributed by atoms with Gasteiger partial charge in [-0.05, 0) is 17.5 Å². The van der Waals surface area contributed by atoms with Crippen molar-refractivity contribution < 1.29 is 18.4 Å². The average Bonchev–Trinajstić information content (AvgIpc) is 3.59. The van der Waals surface area contributed by atoms with Crippen molar-refractivity contribution in [2.75, 3.05) is 31.1 Å². The number of hydrogen-bond donors (Lipinski definition) is 2. The normalized spacial score (nSPS) is 22.2. The summed E-state index contributed by atoms with van der Waals surface area (Å²) in [5.74, 6) is -3.32. The van der Waals surface area contributed by atoms with Crippen LogP contribution in [0.2, 0.25) is 0 Å². The van der Waals surface area contributed by atoms with Crippen molar-refractivity contribution in [1.82, 2.24) is 25.2 Å². The molecule has 3 aliphatic heterocycles. The Morgan fingerprint density at radius 3 is 2.78 bits per heavy atom. The highest BCUT2D eigenvalue weighted by Gasteiger charge is 2.47. The average molecular weight is 507 g/mol. The van der Waals surface area contributed by atoms with Crippen molar-refractivity contribution in [3.8, 4) is 0 Å². The molecular formula is C25H20F2N6O2S. The molecule has 36 heavy (non-hydrogen) atoms. The van der Waals surface area contributed by atoms with Crippen LogP contribution in [0, 0.1) is 0 Å². The molecule has 3 aromatic heterocycles. The van der Waals surface area contributed by atoms with Crippen LogP contribution in [0.25, 0.3) is 32.3 Å². The van der Waals surface area contributed by atoms with Crippen molar-refractivity contribution in [2.45, 2.75) is 18.4 Å². The van der Waals surface area contributed by atoms with Crippen LogP contribution in [0.3, 0.4) is 0 Å². The molecular weight excluding hydrogens is 486 g/mol. The highest BCUT2D eigenvalue weighted by atomic mass is 32.1. The van der Waals surface area contributed by atoms with Crippen LogP contribution in [0.4, 0.5) is 14.7 Å². The number of amides is 2. The van der Waals surface area contributed by atoms with E-state index >= 15 is 0 Å². The van der Waals surface area contributed by atoms with E-state index in [9.17, 15) is 18.4 Å². The third-order valence-corrected chi connectivity index (χ3v) is 8.11. The van der Waals surface area contributed by atoms with E-state index in [1.165, 1.54) is 11.3 Å². The lowest BCUT2D eigenvalue weighted by Gasteiger charge is -2.37. The summed E-state index contributed by atoms with van der Waals surface area (Å²) in [6, 6.07) is 8.95. The van der Waals surface area contributed by atoms with Gasteiger partial charge in [0.15, 0.2) is 0 Å². The van der Waals surface area contributed by atoms with Crippen LogP contribution in [0.5, 0.6) is 0 Å². The fraction of sp³-hybridized carbons (Fsp3) is 0.280. The minimum atomic E-state index is -2.69. The number of rotatable bonds is 3. The van der Waals surface area contributed by atoms with Crippen molar-refractivity contribution in [3.05, 3.63) is 53.2 Å². The summed E-state index contributed by atoms with van der Waals surface area (Å²) in [6.07, 6.45) is 1.54. The summed E-state index contributed by atoms with van der Waals surface area (Å²) in [7, 11) is 0. The quantitative estimate of drug-likeness (QED) is 0.415. The lowest BCUT2D eigenvalue weighted by atomic mass is 9.99. The van der Waals surface area contributed by atoms with E-state index in [1.54, 1.807) is 6.20 Å². The number of aromatic amines is 1. The van der Waals surface area contributed by atoms with E-state index in [-0.39, 0.29) is 30.2 Å². The maximum absolute atomic E-state index is 14.0. The van der Waals surface area contributed by atoms with Crippen LogP contribution in [-0.2, 0) is 9.59 Å². The molecule has 0 spiro atoms. The molecule has 3 aliphatic rings. The third-order valence-electron chi connectivity index (χ3n) is 7.17. The second-order valence-electron chi connectivity index (χ2n) is 9.42. The first-order chi connectivity index (χ1) is 17.4. The first-order valence-corrected chi connectivity index (χ1v) is 12.5. The number of benzene rings is 1. The molecule has 2 amide bonds. The fourth-order valence-electron chi connectivity index (χ4n) is 5.55. The number of para-hydroxylation sites is 1. The SMILES string of the molecule is O=C1NC(=O)C(c2c[nH]c3ccsc23)=C1c1nc(N2CCN3CC(F)(F)CC3C2)nc2ccccc12. The van der Waals surface area contributed by atoms with Crippen molar-refractivity contribution in [1.29, 1.82) is 0 Å².